The molecule has 0 bridgehead atoms. The summed E-state index contributed by atoms with van der Waals surface area (Å²) in [4.78, 5) is 15.1. The Bertz CT molecular complexity index is 696. The summed E-state index contributed by atoms with van der Waals surface area (Å²) in [6.07, 6.45) is 0.797. The van der Waals surface area contributed by atoms with Crippen molar-refractivity contribution < 1.29 is 9.53 Å². The van der Waals surface area contributed by atoms with Crippen molar-refractivity contribution in [1.82, 2.24) is 10.2 Å². The summed E-state index contributed by atoms with van der Waals surface area (Å²) in [5, 5.41) is 3.14. The minimum atomic E-state index is -0.0948. The summed E-state index contributed by atoms with van der Waals surface area (Å²) in [6.45, 7) is 7.07. The zero-order chi connectivity index (χ0) is 18.2. The number of carbonyl (C=O) groups is 1. The van der Waals surface area contributed by atoms with E-state index in [4.69, 9.17) is 4.74 Å². The van der Waals surface area contributed by atoms with E-state index in [-0.39, 0.29) is 11.8 Å². The summed E-state index contributed by atoms with van der Waals surface area (Å²) in [7, 11) is 0. The molecule has 4 heteroatoms. The van der Waals surface area contributed by atoms with Crippen molar-refractivity contribution in [3.05, 3.63) is 71.3 Å². The maximum Gasteiger partial charge on any atom is 0.227 e. The number of benzene rings is 2. The summed E-state index contributed by atoms with van der Waals surface area (Å²) < 4.78 is 5.43. The second-order valence-electron chi connectivity index (χ2n) is 6.75. The molecule has 1 N–H and O–H groups in total. The number of hydrogen-bond donors (Lipinski definition) is 1. The highest BCUT2D eigenvalue weighted by molar-refractivity contribution is 5.83. The number of hydrogen-bond acceptors (Lipinski definition) is 3. The third-order valence-corrected chi connectivity index (χ3v) is 5.00. The third-order valence-electron chi connectivity index (χ3n) is 5.00. The number of nitrogens with zero attached hydrogens (tertiary/aromatic N) is 1. The molecule has 1 aliphatic heterocycles. The topological polar surface area (TPSA) is 41.6 Å². The molecule has 1 atom stereocenters. The first-order valence-corrected chi connectivity index (χ1v) is 9.47. The predicted molar refractivity (Wildman–Crippen MR) is 104 cm³/mol. The number of nitrogens with one attached hydrogen (secondary N) is 1. The Morgan fingerprint density at radius 3 is 2.38 bits per heavy atom. The molecular weight excluding hydrogens is 324 g/mol. The average molecular weight is 352 g/mol. The van der Waals surface area contributed by atoms with Crippen LogP contribution in [0.25, 0.3) is 0 Å². The highest BCUT2D eigenvalue weighted by atomic mass is 16.5. The average Bonchev–Trinajstić information content (AvgIpc) is 2.69. The van der Waals surface area contributed by atoms with E-state index < -0.39 is 0 Å². The van der Waals surface area contributed by atoms with Gasteiger partial charge in [-0.3, -0.25) is 9.69 Å². The van der Waals surface area contributed by atoms with Gasteiger partial charge in [-0.1, -0.05) is 61.5 Å². The van der Waals surface area contributed by atoms with Gasteiger partial charge in [0.15, 0.2) is 0 Å². The van der Waals surface area contributed by atoms with Crippen molar-refractivity contribution in [3.63, 3.8) is 0 Å². The molecule has 1 heterocycles. The first-order valence-electron chi connectivity index (χ1n) is 9.47. The Kier molecular flexibility index (Phi) is 6.81. The summed E-state index contributed by atoms with van der Waals surface area (Å²) in [6, 6.07) is 18.4. The van der Waals surface area contributed by atoms with Gasteiger partial charge in [0.2, 0.25) is 5.91 Å². The van der Waals surface area contributed by atoms with Gasteiger partial charge in [-0.2, -0.15) is 0 Å². The lowest BCUT2D eigenvalue weighted by atomic mass is 9.95. The molecule has 26 heavy (non-hydrogen) atoms. The smallest absolute Gasteiger partial charge is 0.227 e. The quantitative estimate of drug-likeness (QED) is 0.831. The lowest BCUT2D eigenvalue weighted by molar-refractivity contribution is -0.122. The number of carbonyl (C=O) groups excluding carboxylic acids is 1. The standard InChI is InChI=1S/C22H28N2O2/c1-2-21(18-8-4-3-5-9-18)22(25)23-16-19-10-6-7-11-20(19)17-24-12-14-26-15-13-24/h3-11,21H,2,12-17H2,1H3,(H,23,25). The minimum Gasteiger partial charge on any atom is -0.379 e. The van der Waals surface area contributed by atoms with Gasteiger partial charge in [0, 0.05) is 26.2 Å². The van der Waals surface area contributed by atoms with E-state index in [1.54, 1.807) is 0 Å². The normalized spacial score (nSPS) is 16.2. The molecule has 1 saturated heterocycles. The molecule has 0 spiro atoms. The van der Waals surface area contributed by atoms with E-state index in [2.05, 4.69) is 35.3 Å². The van der Waals surface area contributed by atoms with Crippen molar-refractivity contribution in [2.75, 3.05) is 26.3 Å². The molecule has 0 aliphatic carbocycles. The van der Waals surface area contributed by atoms with Gasteiger partial charge in [-0.15, -0.1) is 0 Å². The van der Waals surface area contributed by atoms with Crippen molar-refractivity contribution >= 4 is 5.91 Å². The first-order chi connectivity index (χ1) is 12.8. The van der Waals surface area contributed by atoms with Crippen LogP contribution in [0.5, 0.6) is 0 Å². The molecule has 3 rings (SSSR count). The fraction of sp³-hybridized carbons (Fsp3) is 0.409. The van der Waals surface area contributed by atoms with Crippen molar-refractivity contribution in [2.24, 2.45) is 0 Å². The molecule has 0 saturated carbocycles. The number of rotatable bonds is 7. The molecular formula is C22H28N2O2. The van der Waals surface area contributed by atoms with Crippen molar-refractivity contribution in [3.8, 4) is 0 Å². The summed E-state index contributed by atoms with van der Waals surface area (Å²) in [5.74, 6) is 0.00230. The molecule has 1 fully saturated rings. The second-order valence-corrected chi connectivity index (χ2v) is 6.75. The first kappa shape index (κ1) is 18.6. The third kappa shape index (κ3) is 4.93. The maximum atomic E-state index is 12.7. The van der Waals surface area contributed by atoms with E-state index in [9.17, 15) is 4.79 Å². The monoisotopic (exact) mass is 352 g/mol. The fourth-order valence-corrected chi connectivity index (χ4v) is 3.45. The molecule has 138 valence electrons. The van der Waals surface area contributed by atoms with Crippen LogP contribution in [0.1, 0.15) is 36.0 Å². The SMILES string of the molecule is CCC(C(=O)NCc1ccccc1CN1CCOCC1)c1ccccc1. The van der Waals surface area contributed by atoms with Crippen LogP contribution in [0, 0.1) is 0 Å². The highest BCUT2D eigenvalue weighted by Crippen LogP contribution is 2.20. The van der Waals surface area contributed by atoms with Gasteiger partial charge >= 0.3 is 0 Å². The van der Waals surface area contributed by atoms with Crippen LogP contribution in [-0.4, -0.2) is 37.1 Å². The molecule has 1 amide bonds. The predicted octanol–water partition coefficient (Wildman–Crippen LogP) is 3.33. The zero-order valence-electron chi connectivity index (χ0n) is 15.5. The van der Waals surface area contributed by atoms with Crippen LogP contribution in [0.2, 0.25) is 0 Å². The molecule has 0 radical (unpaired) electrons. The number of amides is 1. The van der Waals surface area contributed by atoms with Gasteiger partial charge in [-0.25, -0.2) is 0 Å². The number of ether oxygens (including phenoxy) is 1. The fourth-order valence-electron chi connectivity index (χ4n) is 3.45. The Hall–Kier alpha value is -2.17. The van der Waals surface area contributed by atoms with Crippen LogP contribution >= 0.6 is 0 Å². The Balaban J connectivity index is 1.62. The Morgan fingerprint density at radius 1 is 1.04 bits per heavy atom. The summed E-state index contributed by atoms with van der Waals surface area (Å²) in [5.41, 5.74) is 3.55. The van der Waals surface area contributed by atoms with E-state index >= 15 is 0 Å². The van der Waals surface area contributed by atoms with Gasteiger partial charge in [0.25, 0.3) is 0 Å². The van der Waals surface area contributed by atoms with Crippen LogP contribution in [0.15, 0.2) is 54.6 Å². The molecule has 4 nitrogen and oxygen atoms in total. The number of morpholine rings is 1. The minimum absolute atomic E-state index is 0.0948. The van der Waals surface area contributed by atoms with E-state index in [1.165, 1.54) is 11.1 Å². The molecule has 2 aromatic carbocycles. The zero-order valence-corrected chi connectivity index (χ0v) is 15.5. The van der Waals surface area contributed by atoms with Crippen LogP contribution in [0.3, 0.4) is 0 Å². The van der Waals surface area contributed by atoms with Crippen LogP contribution < -0.4 is 5.32 Å². The summed E-state index contributed by atoms with van der Waals surface area (Å²) >= 11 is 0. The van der Waals surface area contributed by atoms with Gasteiger partial charge in [0.05, 0.1) is 19.1 Å². The van der Waals surface area contributed by atoms with Crippen molar-refractivity contribution in [2.45, 2.75) is 32.4 Å². The molecule has 1 aliphatic rings. The second kappa shape index (κ2) is 9.51. The lowest BCUT2D eigenvalue weighted by Crippen LogP contribution is -2.36. The van der Waals surface area contributed by atoms with Gasteiger partial charge in [0.1, 0.15) is 0 Å². The highest BCUT2D eigenvalue weighted by Gasteiger charge is 2.19. The maximum absolute atomic E-state index is 12.7. The van der Waals surface area contributed by atoms with Crippen LogP contribution in [-0.2, 0) is 22.6 Å². The Morgan fingerprint density at radius 2 is 1.69 bits per heavy atom. The van der Waals surface area contributed by atoms with Crippen LogP contribution in [0.4, 0.5) is 0 Å². The van der Waals surface area contributed by atoms with Gasteiger partial charge < -0.3 is 10.1 Å². The largest absolute Gasteiger partial charge is 0.379 e. The molecule has 0 aromatic heterocycles. The van der Waals surface area contributed by atoms with E-state index in [1.807, 2.05) is 36.4 Å². The van der Waals surface area contributed by atoms with E-state index in [0.29, 0.717) is 6.54 Å². The van der Waals surface area contributed by atoms with Gasteiger partial charge in [-0.05, 0) is 23.1 Å². The Labute approximate surface area is 156 Å². The van der Waals surface area contributed by atoms with E-state index in [0.717, 1.165) is 44.8 Å². The molecule has 2 aromatic rings. The van der Waals surface area contributed by atoms with Crippen molar-refractivity contribution in [1.29, 1.82) is 0 Å². The lowest BCUT2D eigenvalue weighted by Gasteiger charge is -2.27. The molecule has 1 unspecified atom stereocenters.